The van der Waals surface area contributed by atoms with Crippen LogP contribution in [0.3, 0.4) is 0 Å². The summed E-state index contributed by atoms with van der Waals surface area (Å²) in [5.41, 5.74) is 0.899. The Morgan fingerprint density at radius 3 is 2.36 bits per heavy atom. The van der Waals surface area contributed by atoms with E-state index in [2.05, 4.69) is 10.2 Å². The Morgan fingerprint density at radius 2 is 1.76 bits per heavy atom. The molecular weight excluding hydrogens is 357 g/mol. The number of rotatable bonds is 3. The SMILES string of the molecule is O=C(O)c1ccc(-c2cc(-c3cc(C(F)(F)F)ccc3Cl)[nH]n2)cc1. The Bertz CT molecular complexity index is 934. The van der Waals surface area contributed by atoms with Crippen LogP contribution in [0, 0.1) is 0 Å². The minimum atomic E-state index is -4.48. The molecule has 2 aromatic carbocycles. The van der Waals surface area contributed by atoms with Crippen molar-refractivity contribution in [1.29, 1.82) is 0 Å². The predicted octanol–water partition coefficient (Wildman–Crippen LogP) is 5.11. The first-order valence-electron chi connectivity index (χ1n) is 7.02. The number of nitrogens with one attached hydrogen (secondary N) is 1. The fraction of sp³-hybridized carbons (Fsp3) is 0.0588. The molecule has 1 heterocycles. The summed E-state index contributed by atoms with van der Waals surface area (Å²) < 4.78 is 38.6. The summed E-state index contributed by atoms with van der Waals surface area (Å²) in [6.07, 6.45) is -4.48. The molecule has 0 saturated heterocycles. The van der Waals surface area contributed by atoms with E-state index in [0.29, 0.717) is 17.0 Å². The number of aromatic nitrogens is 2. The first kappa shape index (κ1) is 17.0. The van der Waals surface area contributed by atoms with E-state index in [9.17, 15) is 18.0 Å². The molecule has 0 aliphatic heterocycles. The molecule has 128 valence electrons. The second kappa shape index (κ2) is 6.25. The molecule has 0 unspecified atom stereocenters. The molecule has 2 N–H and O–H groups in total. The van der Waals surface area contributed by atoms with Crippen molar-refractivity contribution in [3.63, 3.8) is 0 Å². The number of hydrogen-bond acceptors (Lipinski definition) is 2. The van der Waals surface area contributed by atoms with E-state index in [1.807, 2.05) is 0 Å². The average molecular weight is 367 g/mol. The molecule has 0 saturated carbocycles. The molecule has 1 aromatic heterocycles. The highest BCUT2D eigenvalue weighted by Gasteiger charge is 2.31. The highest BCUT2D eigenvalue weighted by Crippen LogP contribution is 2.36. The Labute approximate surface area is 144 Å². The van der Waals surface area contributed by atoms with Crippen LogP contribution in [0.4, 0.5) is 13.2 Å². The third-order valence-electron chi connectivity index (χ3n) is 3.59. The summed E-state index contributed by atoms with van der Waals surface area (Å²) in [5, 5.41) is 15.8. The van der Waals surface area contributed by atoms with Crippen molar-refractivity contribution >= 4 is 17.6 Å². The van der Waals surface area contributed by atoms with Crippen molar-refractivity contribution in [2.75, 3.05) is 0 Å². The van der Waals surface area contributed by atoms with Crippen molar-refractivity contribution in [2.24, 2.45) is 0 Å². The first-order chi connectivity index (χ1) is 11.8. The van der Waals surface area contributed by atoms with E-state index >= 15 is 0 Å². The van der Waals surface area contributed by atoms with Gasteiger partial charge >= 0.3 is 12.1 Å². The Balaban J connectivity index is 1.97. The van der Waals surface area contributed by atoms with Crippen LogP contribution in [0.15, 0.2) is 48.5 Å². The number of aromatic carboxylic acids is 1. The molecule has 0 fully saturated rings. The van der Waals surface area contributed by atoms with Crippen LogP contribution in [0.25, 0.3) is 22.5 Å². The van der Waals surface area contributed by atoms with Gasteiger partial charge in [0.25, 0.3) is 0 Å². The fourth-order valence-corrected chi connectivity index (χ4v) is 2.52. The number of carboxylic acid groups (broad SMARTS) is 1. The van der Waals surface area contributed by atoms with Gasteiger partial charge in [-0.05, 0) is 36.4 Å². The standard InChI is InChI=1S/C17H10ClF3N2O2/c18-13-6-5-11(17(19,20)21)7-12(13)15-8-14(22-23-15)9-1-3-10(4-2-9)16(24)25/h1-8H,(H,22,23)(H,24,25). The van der Waals surface area contributed by atoms with E-state index in [1.54, 1.807) is 18.2 Å². The molecule has 0 aliphatic carbocycles. The van der Waals surface area contributed by atoms with Gasteiger partial charge in [-0.3, -0.25) is 5.10 Å². The molecule has 8 heteroatoms. The molecule has 3 rings (SSSR count). The van der Waals surface area contributed by atoms with Crippen LogP contribution in [-0.2, 0) is 6.18 Å². The van der Waals surface area contributed by atoms with Gasteiger partial charge in [0.15, 0.2) is 0 Å². The van der Waals surface area contributed by atoms with Gasteiger partial charge in [0, 0.05) is 16.1 Å². The predicted molar refractivity (Wildman–Crippen MR) is 86.4 cm³/mol. The van der Waals surface area contributed by atoms with E-state index in [1.165, 1.54) is 18.2 Å². The van der Waals surface area contributed by atoms with E-state index in [0.717, 1.165) is 12.1 Å². The van der Waals surface area contributed by atoms with Gasteiger partial charge in [0.2, 0.25) is 0 Å². The van der Waals surface area contributed by atoms with Crippen LogP contribution in [0.1, 0.15) is 15.9 Å². The molecule has 0 atom stereocenters. The number of aromatic amines is 1. The lowest BCUT2D eigenvalue weighted by molar-refractivity contribution is -0.137. The number of H-pyrrole nitrogens is 1. The number of carboxylic acids is 1. The number of nitrogens with zero attached hydrogens (tertiary/aromatic N) is 1. The third kappa shape index (κ3) is 3.51. The quantitative estimate of drug-likeness (QED) is 0.676. The van der Waals surface area contributed by atoms with Gasteiger partial charge in [-0.1, -0.05) is 23.7 Å². The molecule has 3 aromatic rings. The van der Waals surface area contributed by atoms with Crippen molar-refractivity contribution < 1.29 is 23.1 Å². The van der Waals surface area contributed by atoms with E-state index in [4.69, 9.17) is 16.7 Å². The van der Waals surface area contributed by atoms with Crippen LogP contribution >= 0.6 is 11.6 Å². The lowest BCUT2D eigenvalue weighted by Gasteiger charge is -2.09. The van der Waals surface area contributed by atoms with E-state index < -0.39 is 17.7 Å². The summed E-state index contributed by atoms with van der Waals surface area (Å²) in [7, 11) is 0. The van der Waals surface area contributed by atoms with Crippen molar-refractivity contribution in [1.82, 2.24) is 10.2 Å². The zero-order chi connectivity index (χ0) is 18.2. The first-order valence-corrected chi connectivity index (χ1v) is 7.40. The smallest absolute Gasteiger partial charge is 0.416 e. The maximum absolute atomic E-state index is 12.9. The van der Waals surface area contributed by atoms with Gasteiger partial charge in [-0.15, -0.1) is 0 Å². The van der Waals surface area contributed by atoms with Gasteiger partial charge in [0.05, 0.1) is 22.5 Å². The minimum absolute atomic E-state index is 0.125. The van der Waals surface area contributed by atoms with E-state index in [-0.39, 0.29) is 16.1 Å². The summed E-state index contributed by atoms with van der Waals surface area (Å²) in [6.45, 7) is 0. The molecule has 0 aliphatic rings. The summed E-state index contributed by atoms with van der Waals surface area (Å²) in [5.74, 6) is -1.05. The molecule has 4 nitrogen and oxygen atoms in total. The lowest BCUT2D eigenvalue weighted by atomic mass is 10.1. The van der Waals surface area contributed by atoms with Crippen molar-refractivity contribution in [3.8, 4) is 22.5 Å². The average Bonchev–Trinajstić information content (AvgIpc) is 3.04. The van der Waals surface area contributed by atoms with Crippen LogP contribution < -0.4 is 0 Å². The normalized spacial score (nSPS) is 11.5. The second-order valence-electron chi connectivity index (χ2n) is 5.24. The Hall–Kier alpha value is -2.80. The number of benzene rings is 2. The van der Waals surface area contributed by atoms with Crippen molar-refractivity contribution in [3.05, 3.63) is 64.7 Å². The highest BCUT2D eigenvalue weighted by atomic mass is 35.5. The molecule has 0 radical (unpaired) electrons. The van der Waals surface area contributed by atoms with Crippen molar-refractivity contribution in [2.45, 2.75) is 6.18 Å². The lowest BCUT2D eigenvalue weighted by Crippen LogP contribution is -2.04. The third-order valence-corrected chi connectivity index (χ3v) is 3.92. The van der Waals surface area contributed by atoms with Crippen LogP contribution in [0.2, 0.25) is 5.02 Å². The number of alkyl halides is 3. The number of halogens is 4. The molecule has 25 heavy (non-hydrogen) atoms. The summed E-state index contributed by atoms with van der Waals surface area (Å²) >= 11 is 6.01. The molecule has 0 amide bonds. The Morgan fingerprint density at radius 1 is 1.08 bits per heavy atom. The monoisotopic (exact) mass is 366 g/mol. The summed E-state index contributed by atoms with van der Waals surface area (Å²) in [4.78, 5) is 10.9. The number of hydrogen-bond donors (Lipinski definition) is 2. The van der Waals surface area contributed by atoms with Gasteiger partial charge in [-0.25, -0.2) is 4.79 Å². The fourth-order valence-electron chi connectivity index (χ4n) is 2.30. The zero-order valence-corrected chi connectivity index (χ0v) is 13.2. The largest absolute Gasteiger partial charge is 0.478 e. The van der Waals surface area contributed by atoms with Gasteiger partial charge < -0.3 is 5.11 Å². The number of carbonyl (C=O) groups is 1. The maximum atomic E-state index is 12.9. The second-order valence-corrected chi connectivity index (χ2v) is 5.65. The van der Waals surface area contributed by atoms with Crippen LogP contribution in [-0.4, -0.2) is 21.3 Å². The minimum Gasteiger partial charge on any atom is -0.478 e. The van der Waals surface area contributed by atoms with Gasteiger partial charge in [-0.2, -0.15) is 18.3 Å². The highest BCUT2D eigenvalue weighted by molar-refractivity contribution is 6.33. The molecule has 0 spiro atoms. The van der Waals surface area contributed by atoms with Gasteiger partial charge in [0.1, 0.15) is 0 Å². The molecule has 0 bridgehead atoms. The van der Waals surface area contributed by atoms with Crippen LogP contribution in [0.5, 0.6) is 0 Å². The zero-order valence-electron chi connectivity index (χ0n) is 12.4. The Kier molecular flexibility index (Phi) is 4.26. The maximum Gasteiger partial charge on any atom is 0.416 e. The molecular formula is C17H10ClF3N2O2. The topological polar surface area (TPSA) is 66.0 Å². The summed E-state index contributed by atoms with van der Waals surface area (Å²) in [6, 6.07) is 10.6.